The Hall–Kier alpha value is -0.860. The molecule has 0 fully saturated rings. The molecular formula is C10H19N3. The van der Waals surface area contributed by atoms with E-state index in [0.29, 0.717) is 11.5 Å². The molecule has 0 saturated heterocycles. The van der Waals surface area contributed by atoms with E-state index < -0.39 is 0 Å². The van der Waals surface area contributed by atoms with Gasteiger partial charge in [-0.1, -0.05) is 20.8 Å². The quantitative estimate of drug-likeness (QED) is 0.395. The number of nitrogens with two attached hydrogens (primary N) is 1. The van der Waals surface area contributed by atoms with Crippen LogP contribution in [-0.2, 0) is 0 Å². The van der Waals surface area contributed by atoms with Crippen molar-refractivity contribution in [3.8, 4) is 0 Å². The highest BCUT2D eigenvalue weighted by molar-refractivity contribution is 6.31. The monoisotopic (exact) mass is 181 g/mol. The van der Waals surface area contributed by atoms with Gasteiger partial charge in [-0.3, -0.25) is 4.99 Å². The molecule has 74 valence electrons. The summed E-state index contributed by atoms with van der Waals surface area (Å²) in [5.74, 6) is 5.07. The Kier molecular flexibility index (Phi) is 3.07. The van der Waals surface area contributed by atoms with Crippen LogP contribution in [0.5, 0.6) is 0 Å². The largest absolute Gasteiger partial charge is 0.323 e. The number of hydrogen-bond acceptors (Lipinski definition) is 3. The van der Waals surface area contributed by atoms with Crippen molar-refractivity contribution in [3.63, 3.8) is 0 Å². The van der Waals surface area contributed by atoms with Crippen molar-refractivity contribution in [3.05, 3.63) is 0 Å². The molecule has 0 amide bonds. The first-order chi connectivity index (χ1) is 6.01. The summed E-state index contributed by atoms with van der Waals surface area (Å²) in [4.78, 5) is 4.55. The molecule has 0 bridgehead atoms. The standard InChI is InChI=1S/C10H19N3/c1-10(2,3)6-8-4-5-9(13-8)7-12-11/h7-8H,4-6,11H2,1-3H3. The highest BCUT2D eigenvalue weighted by atomic mass is 15.1. The van der Waals surface area contributed by atoms with E-state index in [2.05, 4.69) is 30.9 Å². The molecule has 0 aromatic rings. The maximum Gasteiger partial charge on any atom is 0.0676 e. The Bertz CT molecular complexity index is 223. The van der Waals surface area contributed by atoms with Crippen LogP contribution in [0.15, 0.2) is 10.1 Å². The van der Waals surface area contributed by atoms with Crippen molar-refractivity contribution in [1.82, 2.24) is 0 Å². The Balaban J connectivity index is 2.48. The van der Waals surface area contributed by atoms with Gasteiger partial charge in [0.05, 0.1) is 18.0 Å². The molecule has 0 aliphatic carbocycles. The highest BCUT2D eigenvalue weighted by Gasteiger charge is 2.22. The fourth-order valence-corrected chi connectivity index (χ4v) is 1.72. The molecule has 1 aliphatic heterocycles. The number of nitrogens with zero attached hydrogens (tertiary/aromatic N) is 2. The Morgan fingerprint density at radius 1 is 1.62 bits per heavy atom. The van der Waals surface area contributed by atoms with E-state index in [0.717, 1.165) is 25.0 Å². The average Bonchev–Trinajstić information content (AvgIpc) is 2.33. The van der Waals surface area contributed by atoms with Gasteiger partial charge in [0, 0.05) is 0 Å². The SMILES string of the molecule is CC(C)(C)CC1CCC(C=NN)=N1. The minimum Gasteiger partial charge on any atom is -0.323 e. The number of hydrazone groups is 1. The van der Waals surface area contributed by atoms with Gasteiger partial charge in [0.25, 0.3) is 0 Å². The summed E-state index contributed by atoms with van der Waals surface area (Å²) in [6.45, 7) is 6.74. The molecule has 1 atom stereocenters. The van der Waals surface area contributed by atoms with Crippen LogP contribution in [-0.4, -0.2) is 18.0 Å². The van der Waals surface area contributed by atoms with Gasteiger partial charge in [0.15, 0.2) is 0 Å². The summed E-state index contributed by atoms with van der Waals surface area (Å²) >= 11 is 0. The molecule has 2 N–H and O–H groups in total. The van der Waals surface area contributed by atoms with Gasteiger partial charge in [-0.2, -0.15) is 5.10 Å². The van der Waals surface area contributed by atoms with Crippen LogP contribution in [0.1, 0.15) is 40.0 Å². The van der Waals surface area contributed by atoms with Crippen molar-refractivity contribution < 1.29 is 0 Å². The highest BCUT2D eigenvalue weighted by Crippen LogP contribution is 2.27. The van der Waals surface area contributed by atoms with Crippen molar-refractivity contribution >= 4 is 11.9 Å². The lowest BCUT2D eigenvalue weighted by molar-refractivity contribution is 0.340. The summed E-state index contributed by atoms with van der Waals surface area (Å²) in [5, 5.41) is 3.49. The second kappa shape index (κ2) is 3.90. The third kappa shape index (κ3) is 3.57. The number of aliphatic imine (C=N–C) groups is 1. The smallest absolute Gasteiger partial charge is 0.0676 e. The Labute approximate surface area is 80.1 Å². The summed E-state index contributed by atoms with van der Waals surface area (Å²) < 4.78 is 0. The molecule has 1 rings (SSSR count). The van der Waals surface area contributed by atoms with Crippen LogP contribution in [0.4, 0.5) is 0 Å². The Morgan fingerprint density at radius 3 is 2.85 bits per heavy atom. The topological polar surface area (TPSA) is 50.7 Å². The summed E-state index contributed by atoms with van der Waals surface area (Å²) in [6.07, 6.45) is 5.00. The Morgan fingerprint density at radius 2 is 2.31 bits per heavy atom. The van der Waals surface area contributed by atoms with Crippen molar-refractivity contribution in [2.45, 2.75) is 46.1 Å². The predicted octanol–water partition coefficient (Wildman–Crippen LogP) is 1.97. The lowest BCUT2D eigenvalue weighted by Crippen LogP contribution is -2.13. The van der Waals surface area contributed by atoms with Crippen LogP contribution >= 0.6 is 0 Å². The van der Waals surface area contributed by atoms with E-state index in [1.165, 1.54) is 0 Å². The minimum atomic E-state index is 0.365. The first kappa shape index (κ1) is 10.2. The van der Waals surface area contributed by atoms with Crippen molar-refractivity contribution in [2.75, 3.05) is 0 Å². The summed E-state index contributed by atoms with van der Waals surface area (Å²) in [6, 6.07) is 0.480. The lowest BCUT2D eigenvalue weighted by atomic mass is 9.87. The normalized spacial score (nSPS) is 23.9. The molecule has 0 aromatic heterocycles. The average molecular weight is 181 g/mol. The second-order valence-electron chi connectivity index (χ2n) is 4.86. The zero-order valence-electron chi connectivity index (χ0n) is 8.75. The first-order valence-electron chi connectivity index (χ1n) is 4.81. The van der Waals surface area contributed by atoms with Gasteiger partial charge < -0.3 is 5.84 Å². The molecule has 0 saturated carbocycles. The molecule has 3 nitrogen and oxygen atoms in total. The molecule has 1 heterocycles. The zero-order chi connectivity index (χ0) is 9.90. The fraction of sp³-hybridized carbons (Fsp3) is 0.800. The summed E-state index contributed by atoms with van der Waals surface area (Å²) in [5.41, 5.74) is 1.42. The molecule has 0 aromatic carbocycles. The third-order valence-electron chi connectivity index (χ3n) is 2.15. The van der Waals surface area contributed by atoms with E-state index in [1.807, 2.05) is 0 Å². The van der Waals surface area contributed by atoms with Crippen LogP contribution < -0.4 is 5.84 Å². The van der Waals surface area contributed by atoms with Crippen LogP contribution in [0.3, 0.4) is 0 Å². The molecule has 0 spiro atoms. The van der Waals surface area contributed by atoms with E-state index >= 15 is 0 Å². The molecule has 13 heavy (non-hydrogen) atoms. The zero-order valence-corrected chi connectivity index (χ0v) is 8.75. The van der Waals surface area contributed by atoms with E-state index in [4.69, 9.17) is 5.84 Å². The second-order valence-corrected chi connectivity index (χ2v) is 4.86. The van der Waals surface area contributed by atoms with Gasteiger partial charge >= 0.3 is 0 Å². The van der Waals surface area contributed by atoms with Crippen LogP contribution in [0.2, 0.25) is 0 Å². The lowest BCUT2D eigenvalue weighted by Gasteiger charge is -2.20. The van der Waals surface area contributed by atoms with Crippen molar-refractivity contribution in [1.29, 1.82) is 0 Å². The molecule has 0 radical (unpaired) electrons. The van der Waals surface area contributed by atoms with Crippen LogP contribution in [0.25, 0.3) is 0 Å². The molecule has 3 heteroatoms. The van der Waals surface area contributed by atoms with E-state index in [-0.39, 0.29) is 0 Å². The maximum absolute atomic E-state index is 5.07. The fourth-order valence-electron chi connectivity index (χ4n) is 1.72. The number of rotatable bonds is 2. The number of hydrogen-bond donors (Lipinski definition) is 1. The minimum absolute atomic E-state index is 0.365. The van der Waals surface area contributed by atoms with Gasteiger partial charge in [0.2, 0.25) is 0 Å². The van der Waals surface area contributed by atoms with Gasteiger partial charge in [-0.05, 0) is 24.7 Å². The summed E-state index contributed by atoms with van der Waals surface area (Å²) in [7, 11) is 0. The first-order valence-corrected chi connectivity index (χ1v) is 4.81. The van der Waals surface area contributed by atoms with Gasteiger partial charge in [0.1, 0.15) is 0 Å². The predicted molar refractivity (Wildman–Crippen MR) is 57.2 cm³/mol. The van der Waals surface area contributed by atoms with Gasteiger partial charge in [-0.25, -0.2) is 0 Å². The van der Waals surface area contributed by atoms with Crippen molar-refractivity contribution in [2.24, 2.45) is 21.4 Å². The molecule has 1 aliphatic rings. The van der Waals surface area contributed by atoms with Crippen LogP contribution in [0, 0.1) is 5.41 Å². The molecule has 1 unspecified atom stereocenters. The maximum atomic E-state index is 5.07. The van der Waals surface area contributed by atoms with E-state index in [1.54, 1.807) is 6.21 Å². The molecular weight excluding hydrogens is 162 g/mol. The van der Waals surface area contributed by atoms with Gasteiger partial charge in [-0.15, -0.1) is 0 Å². The van der Waals surface area contributed by atoms with E-state index in [9.17, 15) is 0 Å². The third-order valence-corrected chi connectivity index (χ3v) is 2.15.